The number of hydrogen-bond acceptors (Lipinski definition) is 3. The highest BCUT2D eigenvalue weighted by molar-refractivity contribution is 5.75. The fourth-order valence-electron chi connectivity index (χ4n) is 2.84. The van der Waals surface area contributed by atoms with Crippen LogP contribution in [0.3, 0.4) is 0 Å². The Morgan fingerprint density at radius 1 is 1.52 bits per heavy atom. The number of urea groups is 1. The Balaban J connectivity index is 1.51. The van der Waals surface area contributed by atoms with Gasteiger partial charge < -0.3 is 19.5 Å². The second kappa shape index (κ2) is 6.47. The quantitative estimate of drug-likeness (QED) is 0.864. The van der Waals surface area contributed by atoms with Crippen molar-refractivity contribution in [1.82, 2.24) is 19.8 Å². The molecule has 0 unspecified atom stereocenters. The van der Waals surface area contributed by atoms with Gasteiger partial charge in [-0.15, -0.1) is 0 Å². The fourth-order valence-corrected chi connectivity index (χ4v) is 2.84. The zero-order chi connectivity index (χ0) is 14.7. The van der Waals surface area contributed by atoms with E-state index >= 15 is 0 Å². The molecule has 1 aliphatic heterocycles. The molecule has 2 aliphatic rings. The van der Waals surface area contributed by atoms with Gasteiger partial charge in [-0.25, -0.2) is 9.78 Å². The highest BCUT2D eigenvalue weighted by Crippen LogP contribution is 2.29. The summed E-state index contributed by atoms with van der Waals surface area (Å²) in [4.78, 5) is 18.5. The fraction of sp³-hybridized carbons (Fsp3) is 0.733. The predicted molar refractivity (Wildman–Crippen MR) is 78.9 cm³/mol. The molecule has 1 aliphatic carbocycles. The summed E-state index contributed by atoms with van der Waals surface area (Å²) >= 11 is 0. The van der Waals surface area contributed by atoms with Crippen molar-refractivity contribution in [2.75, 3.05) is 19.8 Å². The lowest BCUT2D eigenvalue weighted by atomic mass is 10.1. The van der Waals surface area contributed by atoms with Gasteiger partial charge >= 0.3 is 6.03 Å². The average molecular weight is 292 g/mol. The van der Waals surface area contributed by atoms with Gasteiger partial charge in [-0.05, 0) is 26.2 Å². The van der Waals surface area contributed by atoms with E-state index in [0.717, 1.165) is 45.6 Å². The molecule has 21 heavy (non-hydrogen) atoms. The van der Waals surface area contributed by atoms with Crippen molar-refractivity contribution in [3.05, 3.63) is 18.7 Å². The topological polar surface area (TPSA) is 59.4 Å². The molecule has 3 rings (SSSR count). The van der Waals surface area contributed by atoms with Crippen LogP contribution in [0.2, 0.25) is 0 Å². The van der Waals surface area contributed by atoms with Crippen molar-refractivity contribution in [3.63, 3.8) is 0 Å². The number of rotatable bonds is 6. The van der Waals surface area contributed by atoms with Gasteiger partial charge in [0.1, 0.15) is 0 Å². The maximum atomic E-state index is 12.5. The molecule has 1 aromatic heterocycles. The standard InChI is InChI=1S/C15H24N4O2/c1-12(8-18-6-5-16-11-18)17-15(20)19(14-2-3-14)9-13-4-7-21-10-13/h5-6,11-14H,2-4,7-10H2,1H3,(H,17,20)/t12-,13-/m0/s1. The van der Waals surface area contributed by atoms with E-state index in [9.17, 15) is 4.79 Å². The van der Waals surface area contributed by atoms with Crippen LogP contribution in [0.15, 0.2) is 18.7 Å². The molecule has 0 aromatic carbocycles. The van der Waals surface area contributed by atoms with Gasteiger partial charge in [0.05, 0.1) is 12.9 Å². The molecule has 6 nitrogen and oxygen atoms in total. The minimum atomic E-state index is 0.0667. The number of carbonyl (C=O) groups excluding carboxylic acids is 1. The van der Waals surface area contributed by atoms with Crippen LogP contribution in [0.25, 0.3) is 0 Å². The molecule has 116 valence electrons. The summed E-state index contributed by atoms with van der Waals surface area (Å²) in [6.45, 7) is 5.23. The summed E-state index contributed by atoms with van der Waals surface area (Å²) in [5, 5.41) is 3.11. The normalized spacial score (nSPS) is 23.0. The lowest BCUT2D eigenvalue weighted by Crippen LogP contribution is -2.47. The number of ether oxygens (including phenoxy) is 1. The zero-order valence-electron chi connectivity index (χ0n) is 12.6. The Morgan fingerprint density at radius 3 is 3.00 bits per heavy atom. The zero-order valence-corrected chi connectivity index (χ0v) is 12.6. The summed E-state index contributed by atoms with van der Waals surface area (Å²) in [5.41, 5.74) is 0. The Hall–Kier alpha value is -1.56. The molecule has 1 saturated heterocycles. The number of amides is 2. The molecule has 0 spiro atoms. The third-order valence-electron chi connectivity index (χ3n) is 4.14. The molecule has 0 bridgehead atoms. The van der Waals surface area contributed by atoms with Gasteiger partial charge in [-0.3, -0.25) is 0 Å². The van der Waals surface area contributed by atoms with E-state index in [2.05, 4.69) is 10.3 Å². The van der Waals surface area contributed by atoms with E-state index in [1.807, 2.05) is 22.6 Å². The van der Waals surface area contributed by atoms with E-state index in [1.165, 1.54) is 0 Å². The second-order valence-electron chi connectivity index (χ2n) is 6.22. The molecule has 6 heteroatoms. The first-order chi connectivity index (χ1) is 10.2. The van der Waals surface area contributed by atoms with E-state index in [4.69, 9.17) is 4.74 Å². The van der Waals surface area contributed by atoms with Crippen molar-refractivity contribution < 1.29 is 9.53 Å². The van der Waals surface area contributed by atoms with E-state index in [1.54, 1.807) is 12.5 Å². The van der Waals surface area contributed by atoms with Crippen molar-refractivity contribution in [1.29, 1.82) is 0 Å². The first kappa shape index (κ1) is 14.4. The third-order valence-corrected chi connectivity index (χ3v) is 4.14. The minimum Gasteiger partial charge on any atom is -0.381 e. The maximum Gasteiger partial charge on any atom is 0.317 e. The molecule has 2 fully saturated rings. The molecule has 1 N–H and O–H groups in total. The largest absolute Gasteiger partial charge is 0.381 e. The lowest BCUT2D eigenvalue weighted by Gasteiger charge is -2.27. The predicted octanol–water partition coefficient (Wildman–Crippen LogP) is 1.48. The molecular weight excluding hydrogens is 268 g/mol. The average Bonchev–Trinajstić information content (AvgIpc) is 2.94. The number of nitrogens with zero attached hydrogens (tertiary/aromatic N) is 3. The van der Waals surface area contributed by atoms with Crippen molar-refractivity contribution in [2.24, 2.45) is 5.92 Å². The second-order valence-corrected chi connectivity index (χ2v) is 6.22. The van der Waals surface area contributed by atoms with Crippen LogP contribution in [-0.2, 0) is 11.3 Å². The Labute approximate surface area is 125 Å². The summed E-state index contributed by atoms with van der Waals surface area (Å²) in [6, 6.07) is 0.593. The van der Waals surface area contributed by atoms with Gasteiger partial charge in [0, 0.05) is 50.1 Å². The molecule has 1 aromatic rings. The third kappa shape index (κ3) is 3.97. The highest BCUT2D eigenvalue weighted by Gasteiger charge is 2.35. The molecule has 1 saturated carbocycles. The summed E-state index contributed by atoms with van der Waals surface area (Å²) < 4.78 is 7.40. The van der Waals surface area contributed by atoms with Crippen LogP contribution >= 0.6 is 0 Å². The highest BCUT2D eigenvalue weighted by atomic mass is 16.5. The molecule has 2 amide bonds. The lowest BCUT2D eigenvalue weighted by molar-refractivity contribution is 0.160. The Bertz CT molecular complexity index is 452. The van der Waals surface area contributed by atoms with Crippen LogP contribution in [0, 0.1) is 5.92 Å². The van der Waals surface area contributed by atoms with Crippen molar-refractivity contribution in [3.8, 4) is 0 Å². The molecular formula is C15H24N4O2. The maximum absolute atomic E-state index is 12.5. The molecule has 2 atom stereocenters. The summed E-state index contributed by atoms with van der Waals surface area (Å²) in [5.74, 6) is 0.500. The summed E-state index contributed by atoms with van der Waals surface area (Å²) in [6.07, 6.45) is 8.79. The Kier molecular flexibility index (Phi) is 4.43. The van der Waals surface area contributed by atoms with Crippen LogP contribution in [-0.4, -0.2) is 52.3 Å². The number of nitrogens with one attached hydrogen (secondary N) is 1. The van der Waals surface area contributed by atoms with Crippen LogP contribution in [0.4, 0.5) is 4.79 Å². The monoisotopic (exact) mass is 292 g/mol. The number of imidazole rings is 1. The minimum absolute atomic E-state index is 0.0667. The van der Waals surface area contributed by atoms with Crippen LogP contribution in [0.1, 0.15) is 26.2 Å². The summed E-state index contributed by atoms with van der Waals surface area (Å²) in [7, 11) is 0. The number of carbonyl (C=O) groups is 1. The first-order valence-electron chi connectivity index (χ1n) is 7.83. The Morgan fingerprint density at radius 2 is 2.38 bits per heavy atom. The number of aromatic nitrogens is 2. The van der Waals surface area contributed by atoms with Gasteiger partial charge in [0.2, 0.25) is 0 Å². The van der Waals surface area contributed by atoms with Gasteiger partial charge in [0.25, 0.3) is 0 Å². The SMILES string of the molecule is C[C@@H](Cn1ccnc1)NC(=O)N(C[C@@H]1CCOC1)C1CC1. The van der Waals surface area contributed by atoms with Gasteiger partial charge in [-0.1, -0.05) is 0 Å². The number of hydrogen-bond donors (Lipinski definition) is 1. The molecule has 2 heterocycles. The van der Waals surface area contributed by atoms with E-state index in [-0.39, 0.29) is 12.1 Å². The molecule has 0 radical (unpaired) electrons. The van der Waals surface area contributed by atoms with Gasteiger partial charge in [-0.2, -0.15) is 0 Å². The van der Waals surface area contributed by atoms with Gasteiger partial charge in [0.15, 0.2) is 0 Å². The van der Waals surface area contributed by atoms with Crippen LogP contribution < -0.4 is 5.32 Å². The smallest absolute Gasteiger partial charge is 0.317 e. The van der Waals surface area contributed by atoms with E-state index in [0.29, 0.717) is 12.0 Å². The van der Waals surface area contributed by atoms with Crippen molar-refractivity contribution >= 4 is 6.03 Å². The van der Waals surface area contributed by atoms with E-state index < -0.39 is 0 Å². The van der Waals surface area contributed by atoms with Crippen LogP contribution in [0.5, 0.6) is 0 Å². The first-order valence-corrected chi connectivity index (χ1v) is 7.83. The van der Waals surface area contributed by atoms with Crippen molar-refractivity contribution in [2.45, 2.75) is 44.8 Å².